The molecular weight excluding hydrogens is 1720 g/mol. The molecule has 2 N–H and O–H groups in total. The van der Waals surface area contributed by atoms with Gasteiger partial charge in [0.1, 0.15) is 0 Å². The van der Waals surface area contributed by atoms with E-state index in [0.717, 1.165) is 115 Å². The van der Waals surface area contributed by atoms with Gasteiger partial charge in [-0.1, -0.05) is 153 Å². The number of anilines is 4. The van der Waals surface area contributed by atoms with Crippen LogP contribution in [0.2, 0.25) is 0 Å². The largest absolute Gasteiger partial charge is 0.325 e. The van der Waals surface area contributed by atoms with E-state index in [9.17, 15) is 28.8 Å². The fourth-order valence-electron chi connectivity index (χ4n) is 9.62. The minimum atomic E-state index is -0.583. The third-order valence-corrected chi connectivity index (χ3v) is 49.3. The molecule has 5 aromatic rings. The van der Waals surface area contributed by atoms with Crippen molar-refractivity contribution in [3.63, 3.8) is 0 Å². The molecule has 0 saturated heterocycles. The Morgan fingerprint density at radius 2 is 0.898 bits per heavy atom. The average Bonchev–Trinajstić information content (AvgIpc) is 1.64. The zero-order chi connectivity index (χ0) is 64.4. The molecular formula is C56H60Br4N4O6S18. The molecule has 32 heteroatoms. The van der Waals surface area contributed by atoms with Crippen LogP contribution in [0.5, 0.6) is 0 Å². The van der Waals surface area contributed by atoms with Crippen molar-refractivity contribution >= 4 is 286 Å². The lowest BCUT2D eigenvalue weighted by Gasteiger charge is -2.24. The Balaban J connectivity index is 0.000000203. The number of halogens is 4. The van der Waals surface area contributed by atoms with Crippen molar-refractivity contribution in [2.75, 3.05) is 20.4 Å². The number of fused-ring (bicyclic) bond motifs is 4. The van der Waals surface area contributed by atoms with Gasteiger partial charge in [0.2, 0.25) is 23.6 Å². The number of unbranched alkanes of at least 4 members (excludes halogenated alkanes) is 3. The summed E-state index contributed by atoms with van der Waals surface area (Å²) in [6.45, 7) is 14.6. The lowest BCUT2D eigenvalue weighted by molar-refractivity contribution is -0.128. The zero-order valence-corrected chi connectivity index (χ0v) is 69.1. The van der Waals surface area contributed by atoms with Crippen LogP contribution in [-0.4, -0.2) is 35.3 Å². The molecule has 0 fully saturated rings. The normalized spacial score (nSPS) is 17.6. The minimum Gasteiger partial charge on any atom is -0.325 e. The molecule has 0 aromatic heterocycles. The number of hydrogen-bond donors (Lipinski definition) is 2. The van der Waals surface area contributed by atoms with E-state index in [0.29, 0.717) is 17.8 Å². The maximum Gasteiger partial charge on any atom is 0.296 e. The number of hydrogen-bond acceptors (Lipinski definition) is 8. The second kappa shape index (κ2) is 39.9. The van der Waals surface area contributed by atoms with Gasteiger partial charge in [0.15, 0.2) is 0 Å². The van der Waals surface area contributed by atoms with E-state index >= 15 is 0 Å². The molecule has 0 aliphatic carbocycles. The Kier molecular flexibility index (Phi) is 35.3. The fraction of sp³-hybridized carbons (Fsp3) is 0.357. The van der Waals surface area contributed by atoms with Gasteiger partial charge in [0, 0.05) is 201 Å². The Hall–Kier alpha value is -0.800. The standard InChI is InChI=1S/C20H22BrNO.C15H18BrNO2.C13H16BrNO.C8H4BrNO2.S18/c1-3-4-12-20(2)17-13-16(21)10-11-18(17)22(19(20)23)14-15-8-6-5-7-9-15;1-4-5-8-15(3)12-9-11(16)6-7-13(12)17(10(2)18)14(15)19;1-3-4-7-13(2)10-8-9(14)5-6-11(10)15-12(13)16;9-4-1-2-6-5(3-4)7(11)8(12)10-6;1-3-5-7-9-11-13-15-17-18-16-14-12-10-8-6-4-2/h5-11,13H,3-4,12,14H2,1-2H3;6-7,9H,4-5,8H2,1-3H3;5-6,8H,3-4,7H2,1-2H3,(H,15,16);1-3H,(H,10,11,12);. The topological polar surface area (TPSA) is 133 Å². The second-order valence-electron chi connectivity index (χ2n) is 19.9. The molecule has 4 aliphatic rings. The molecule has 0 radical (unpaired) electrons. The highest BCUT2D eigenvalue weighted by molar-refractivity contribution is 9.11. The van der Waals surface area contributed by atoms with Gasteiger partial charge in [0.25, 0.3) is 11.7 Å². The first-order valence-corrected chi connectivity index (χ1v) is 52.5. The van der Waals surface area contributed by atoms with Gasteiger partial charge < -0.3 is 15.5 Å². The summed E-state index contributed by atoms with van der Waals surface area (Å²) in [5.41, 5.74) is 6.83. The third kappa shape index (κ3) is 22.1. The predicted molar refractivity (Wildman–Crippen MR) is 427 cm³/mol. The number of rotatable bonds is 11. The molecule has 9 rings (SSSR count). The summed E-state index contributed by atoms with van der Waals surface area (Å²) in [7, 11) is 27.2. The number of Topliss-reactive ketones (excluding diaryl/α,β-unsaturated/α-hetero) is 1. The minimum absolute atomic E-state index is 0.0958. The van der Waals surface area contributed by atoms with Crippen molar-refractivity contribution in [3.8, 4) is 0 Å². The molecule has 0 saturated carbocycles. The van der Waals surface area contributed by atoms with Crippen molar-refractivity contribution in [2.45, 2.75) is 129 Å². The summed E-state index contributed by atoms with van der Waals surface area (Å²) in [6, 6.07) is 33.2. The van der Waals surface area contributed by atoms with Gasteiger partial charge >= 0.3 is 0 Å². The highest BCUT2D eigenvalue weighted by atomic mass is 79.9. The second-order valence-corrected chi connectivity index (χ2v) is 51.8. The SMILES string of the molecule is CCCCC1(C)C(=O)N(C(C)=O)c2ccc(Br)cc21.CCCCC1(C)C(=O)N(Cc2ccccc2)c2ccc(Br)cc21.CCCCC1(C)C(=O)Nc2ccc(Br)cc21.O=C1Nc2ccc(Br)cc2C1=O.S=S=S=S=S=S=S=S=S=S=S=S=S=S=S=S=S=S. The molecule has 4 aliphatic heterocycles. The molecule has 3 atom stereocenters. The Bertz CT molecular complexity index is 4180. The van der Waals surface area contributed by atoms with E-state index in [1.54, 1.807) is 143 Å². The van der Waals surface area contributed by atoms with Gasteiger partial charge in [-0.15, -0.1) is 0 Å². The van der Waals surface area contributed by atoms with E-state index in [2.05, 4.69) is 132 Å². The van der Waals surface area contributed by atoms with Crippen molar-refractivity contribution in [3.05, 3.63) is 149 Å². The van der Waals surface area contributed by atoms with Crippen LogP contribution in [0.15, 0.2) is 121 Å². The van der Waals surface area contributed by atoms with Crippen LogP contribution >= 0.6 is 63.7 Å². The highest BCUT2D eigenvalue weighted by Gasteiger charge is 2.49. The molecule has 476 valence electrons. The number of nitrogens with zero attached hydrogens (tertiary/aromatic N) is 2. The summed E-state index contributed by atoms with van der Waals surface area (Å²) >= 11 is 23.2. The first kappa shape index (κ1) is 77.9. The monoisotopic (exact) mass is 1780 g/mol. The van der Waals surface area contributed by atoms with E-state index in [1.807, 2.05) is 73.3 Å². The Morgan fingerprint density at radius 3 is 1.38 bits per heavy atom. The van der Waals surface area contributed by atoms with E-state index in [4.69, 9.17) is 22.4 Å². The van der Waals surface area contributed by atoms with Gasteiger partial charge in [-0.25, -0.2) is 4.90 Å². The molecule has 0 spiro atoms. The summed E-state index contributed by atoms with van der Waals surface area (Å²) in [6.07, 6.45) is 8.96. The summed E-state index contributed by atoms with van der Waals surface area (Å²) in [5, 5.41) is 5.43. The van der Waals surface area contributed by atoms with Gasteiger partial charge in [-0.05, 0) is 135 Å². The van der Waals surface area contributed by atoms with Crippen molar-refractivity contribution in [1.82, 2.24) is 0 Å². The molecule has 5 amide bonds. The average molecular weight is 1780 g/mol. The molecule has 5 aromatic carbocycles. The van der Waals surface area contributed by atoms with Crippen LogP contribution in [-0.2, 0) is 211 Å². The quantitative estimate of drug-likeness (QED) is 0.125. The van der Waals surface area contributed by atoms with Crippen LogP contribution in [0.4, 0.5) is 22.7 Å². The lowest BCUT2D eigenvalue weighted by atomic mass is 9.79. The van der Waals surface area contributed by atoms with E-state index in [1.165, 1.54) is 29.6 Å². The van der Waals surface area contributed by atoms with Crippen molar-refractivity contribution < 1.29 is 28.8 Å². The third-order valence-electron chi connectivity index (χ3n) is 14.0. The van der Waals surface area contributed by atoms with E-state index < -0.39 is 22.5 Å². The van der Waals surface area contributed by atoms with Crippen LogP contribution in [0.1, 0.15) is 139 Å². The predicted octanol–water partition coefficient (Wildman–Crippen LogP) is 14.6. The first-order chi connectivity index (χ1) is 42.1. The molecule has 88 heavy (non-hydrogen) atoms. The first-order valence-electron chi connectivity index (χ1n) is 26.6. The van der Waals surface area contributed by atoms with Crippen LogP contribution in [0.3, 0.4) is 0 Å². The number of ketones is 1. The van der Waals surface area contributed by atoms with E-state index in [-0.39, 0.29) is 29.0 Å². The van der Waals surface area contributed by atoms with Crippen LogP contribution in [0.25, 0.3) is 0 Å². The van der Waals surface area contributed by atoms with Gasteiger partial charge in [0.05, 0.1) is 39.7 Å². The number of carbonyl (C=O) groups is 6. The number of nitrogens with one attached hydrogen (secondary N) is 2. The number of imide groups is 1. The van der Waals surface area contributed by atoms with Crippen LogP contribution in [0, 0.1) is 0 Å². The smallest absolute Gasteiger partial charge is 0.296 e. The zero-order valence-electron chi connectivity index (χ0n) is 48.1. The van der Waals surface area contributed by atoms with Crippen molar-refractivity contribution in [1.29, 1.82) is 0 Å². The molecule has 10 nitrogen and oxygen atoms in total. The number of benzene rings is 5. The molecule has 4 heterocycles. The van der Waals surface area contributed by atoms with Gasteiger partial charge in [-0.3, -0.25) is 28.8 Å². The highest BCUT2D eigenvalue weighted by Crippen LogP contribution is 2.48. The number of carbonyl (C=O) groups excluding carboxylic acids is 6. The fourth-order valence-corrected chi connectivity index (χ4v) is 49.5. The maximum atomic E-state index is 13.2. The molecule has 3 unspecified atom stereocenters. The lowest BCUT2D eigenvalue weighted by Crippen LogP contribution is -2.40. The van der Waals surface area contributed by atoms with Gasteiger partial charge in [-0.2, -0.15) is 0 Å². The molecule has 0 bridgehead atoms. The van der Waals surface area contributed by atoms with Crippen LogP contribution < -0.4 is 20.4 Å². The van der Waals surface area contributed by atoms with Crippen molar-refractivity contribution in [2.24, 2.45) is 0 Å². The maximum absolute atomic E-state index is 13.2. The summed E-state index contributed by atoms with van der Waals surface area (Å²) in [5.74, 6) is -0.971. The Morgan fingerprint density at radius 1 is 0.489 bits per heavy atom. The Labute approximate surface area is 604 Å². The summed E-state index contributed by atoms with van der Waals surface area (Å²) < 4.78 is 3.80. The number of amides is 5. The summed E-state index contributed by atoms with van der Waals surface area (Å²) in [4.78, 5) is 74.9.